The highest BCUT2D eigenvalue weighted by molar-refractivity contribution is 5.15. The Balaban J connectivity index is 1.87. The summed E-state index contributed by atoms with van der Waals surface area (Å²) >= 11 is 0. The zero-order valence-corrected chi connectivity index (χ0v) is 10.9. The molecule has 0 aliphatic heterocycles. The molecular formula is C13H23N3. The van der Waals surface area contributed by atoms with Gasteiger partial charge in [-0.05, 0) is 31.6 Å². The molecule has 1 aromatic rings. The molecule has 1 aliphatic carbocycles. The highest BCUT2D eigenvalue weighted by Crippen LogP contribution is 2.36. The molecule has 0 spiro atoms. The topological polar surface area (TPSA) is 29.9 Å². The number of hydrogen-bond acceptors (Lipinski definition) is 2. The standard InChI is InChI=1S/C13H23N3/c1-10-11(9-15-16(10)4)8-14-12-5-6-13(2,3)7-12/h9,12,14H,5-8H2,1-4H3. The fraction of sp³-hybridized carbons (Fsp3) is 0.769. The maximum absolute atomic E-state index is 4.27. The largest absolute Gasteiger partial charge is 0.310 e. The van der Waals surface area contributed by atoms with Gasteiger partial charge in [0, 0.05) is 30.9 Å². The lowest BCUT2D eigenvalue weighted by molar-refractivity contribution is 0.364. The Hall–Kier alpha value is -0.830. The van der Waals surface area contributed by atoms with Gasteiger partial charge in [0.15, 0.2) is 0 Å². The highest BCUT2D eigenvalue weighted by atomic mass is 15.3. The van der Waals surface area contributed by atoms with Crippen LogP contribution in [-0.2, 0) is 13.6 Å². The maximum Gasteiger partial charge on any atom is 0.0537 e. The Morgan fingerprint density at radius 2 is 2.31 bits per heavy atom. The van der Waals surface area contributed by atoms with Gasteiger partial charge in [0.2, 0.25) is 0 Å². The molecule has 0 aromatic carbocycles. The van der Waals surface area contributed by atoms with Crippen molar-refractivity contribution in [2.75, 3.05) is 0 Å². The number of nitrogens with one attached hydrogen (secondary N) is 1. The van der Waals surface area contributed by atoms with Gasteiger partial charge in [-0.3, -0.25) is 4.68 Å². The van der Waals surface area contributed by atoms with Crippen molar-refractivity contribution in [3.63, 3.8) is 0 Å². The van der Waals surface area contributed by atoms with Crippen LogP contribution in [0, 0.1) is 12.3 Å². The lowest BCUT2D eigenvalue weighted by atomic mass is 9.92. The van der Waals surface area contributed by atoms with E-state index in [0.717, 1.165) is 6.54 Å². The molecule has 1 aliphatic rings. The summed E-state index contributed by atoms with van der Waals surface area (Å²) < 4.78 is 1.94. The average Bonchev–Trinajstić information content (AvgIpc) is 2.70. The van der Waals surface area contributed by atoms with Gasteiger partial charge in [0.1, 0.15) is 0 Å². The SMILES string of the molecule is Cc1c(CNC2CCC(C)(C)C2)cnn1C. The van der Waals surface area contributed by atoms with Crippen LogP contribution in [0.1, 0.15) is 44.4 Å². The molecule has 1 N–H and O–H groups in total. The number of aryl methyl sites for hydroxylation is 1. The van der Waals surface area contributed by atoms with Gasteiger partial charge < -0.3 is 5.32 Å². The number of aromatic nitrogens is 2. The minimum absolute atomic E-state index is 0.529. The van der Waals surface area contributed by atoms with E-state index in [1.165, 1.54) is 30.5 Å². The third kappa shape index (κ3) is 2.46. The van der Waals surface area contributed by atoms with Crippen LogP contribution in [0.2, 0.25) is 0 Å². The average molecular weight is 221 g/mol. The summed E-state index contributed by atoms with van der Waals surface area (Å²) in [6.45, 7) is 7.82. The first-order valence-electron chi connectivity index (χ1n) is 6.19. The number of nitrogens with zero attached hydrogens (tertiary/aromatic N) is 2. The lowest BCUT2D eigenvalue weighted by Gasteiger charge is -2.17. The first-order chi connectivity index (χ1) is 7.48. The molecule has 0 bridgehead atoms. The fourth-order valence-corrected chi connectivity index (χ4v) is 2.58. The third-order valence-corrected chi connectivity index (χ3v) is 3.89. The van der Waals surface area contributed by atoms with Crippen LogP contribution < -0.4 is 5.32 Å². The summed E-state index contributed by atoms with van der Waals surface area (Å²) in [5, 5.41) is 7.92. The van der Waals surface area contributed by atoms with Crippen molar-refractivity contribution in [1.82, 2.24) is 15.1 Å². The van der Waals surface area contributed by atoms with Gasteiger partial charge in [0.25, 0.3) is 0 Å². The Morgan fingerprint density at radius 1 is 1.56 bits per heavy atom. The van der Waals surface area contributed by atoms with E-state index in [9.17, 15) is 0 Å². The monoisotopic (exact) mass is 221 g/mol. The molecule has 1 fully saturated rings. The minimum atomic E-state index is 0.529. The molecule has 1 unspecified atom stereocenters. The molecule has 1 aromatic heterocycles. The van der Waals surface area contributed by atoms with E-state index in [1.54, 1.807) is 0 Å². The smallest absolute Gasteiger partial charge is 0.0537 e. The zero-order chi connectivity index (χ0) is 11.8. The summed E-state index contributed by atoms with van der Waals surface area (Å²) in [6.07, 6.45) is 5.93. The van der Waals surface area contributed by atoms with Crippen LogP contribution in [0.4, 0.5) is 0 Å². The zero-order valence-electron chi connectivity index (χ0n) is 10.9. The second-order valence-corrected chi connectivity index (χ2v) is 5.86. The molecular weight excluding hydrogens is 198 g/mol. The second kappa shape index (κ2) is 4.21. The van der Waals surface area contributed by atoms with E-state index in [0.29, 0.717) is 11.5 Å². The maximum atomic E-state index is 4.27. The molecule has 0 saturated heterocycles. The van der Waals surface area contributed by atoms with Gasteiger partial charge in [-0.15, -0.1) is 0 Å². The molecule has 90 valence electrons. The van der Waals surface area contributed by atoms with Gasteiger partial charge in [-0.25, -0.2) is 0 Å². The molecule has 3 heteroatoms. The molecule has 1 heterocycles. The minimum Gasteiger partial charge on any atom is -0.310 e. The van der Waals surface area contributed by atoms with Crippen LogP contribution in [0.3, 0.4) is 0 Å². The Kier molecular flexibility index (Phi) is 3.06. The molecule has 1 saturated carbocycles. The first-order valence-corrected chi connectivity index (χ1v) is 6.19. The Labute approximate surface area is 98.2 Å². The first kappa shape index (κ1) is 11.6. The van der Waals surface area contributed by atoms with Gasteiger partial charge >= 0.3 is 0 Å². The van der Waals surface area contributed by atoms with E-state index in [4.69, 9.17) is 0 Å². The Bertz CT molecular complexity index is 365. The third-order valence-electron chi connectivity index (χ3n) is 3.89. The summed E-state index contributed by atoms with van der Waals surface area (Å²) in [7, 11) is 2.00. The van der Waals surface area contributed by atoms with Crippen LogP contribution >= 0.6 is 0 Å². The van der Waals surface area contributed by atoms with Crippen LogP contribution in [0.5, 0.6) is 0 Å². The summed E-state index contributed by atoms with van der Waals surface area (Å²) in [5.74, 6) is 0. The quantitative estimate of drug-likeness (QED) is 0.849. The van der Waals surface area contributed by atoms with E-state index >= 15 is 0 Å². The van der Waals surface area contributed by atoms with Gasteiger partial charge in [0.05, 0.1) is 6.20 Å². The molecule has 16 heavy (non-hydrogen) atoms. The van der Waals surface area contributed by atoms with Crippen molar-refractivity contribution < 1.29 is 0 Å². The van der Waals surface area contributed by atoms with E-state index < -0.39 is 0 Å². The number of rotatable bonds is 3. The molecule has 2 rings (SSSR count). The van der Waals surface area contributed by atoms with Crippen LogP contribution in [-0.4, -0.2) is 15.8 Å². The summed E-state index contributed by atoms with van der Waals surface area (Å²) in [6, 6.07) is 0.689. The van der Waals surface area contributed by atoms with Crippen LogP contribution in [0.25, 0.3) is 0 Å². The van der Waals surface area contributed by atoms with Crippen molar-refractivity contribution in [3.8, 4) is 0 Å². The predicted molar refractivity (Wildman–Crippen MR) is 66.2 cm³/mol. The molecule has 3 nitrogen and oxygen atoms in total. The molecule has 1 atom stereocenters. The van der Waals surface area contributed by atoms with Gasteiger partial charge in [-0.1, -0.05) is 13.8 Å². The molecule has 0 radical (unpaired) electrons. The van der Waals surface area contributed by atoms with Crippen molar-refractivity contribution in [2.24, 2.45) is 12.5 Å². The van der Waals surface area contributed by atoms with Crippen molar-refractivity contribution in [3.05, 3.63) is 17.5 Å². The second-order valence-electron chi connectivity index (χ2n) is 5.86. The van der Waals surface area contributed by atoms with E-state index in [-0.39, 0.29) is 0 Å². The van der Waals surface area contributed by atoms with Crippen molar-refractivity contribution >= 4 is 0 Å². The predicted octanol–water partition coefficient (Wildman–Crippen LogP) is 2.40. The van der Waals surface area contributed by atoms with Gasteiger partial charge in [-0.2, -0.15) is 5.10 Å². The Morgan fingerprint density at radius 3 is 2.81 bits per heavy atom. The van der Waals surface area contributed by atoms with E-state index in [2.05, 4.69) is 31.2 Å². The van der Waals surface area contributed by atoms with Crippen molar-refractivity contribution in [1.29, 1.82) is 0 Å². The lowest BCUT2D eigenvalue weighted by Crippen LogP contribution is -2.27. The summed E-state index contributed by atoms with van der Waals surface area (Å²) in [5.41, 5.74) is 3.12. The number of hydrogen-bond donors (Lipinski definition) is 1. The van der Waals surface area contributed by atoms with E-state index in [1.807, 2.05) is 17.9 Å². The fourth-order valence-electron chi connectivity index (χ4n) is 2.58. The highest BCUT2D eigenvalue weighted by Gasteiger charge is 2.30. The summed E-state index contributed by atoms with van der Waals surface area (Å²) in [4.78, 5) is 0. The van der Waals surface area contributed by atoms with Crippen LogP contribution in [0.15, 0.2) is 6.20 Å². The molecule has 0 amide bonds. The normalized spacial score (nSPS) is 23.9. The van der Waals surface area contributed by atoms with Crippen molar-refractivity contribution in [2.45, 2.75) is 52.6 Å².